The van der Waals surface area contributed by atoms with Crippen LogP contribution in [-0.2, 0) is 0 Å². The zero-order valence-corrected chi connectivity index (χ0v) is 13.9. The van der Waals surface area contributed by atoms with Crippen LogP contribution in [0.4, 0.5) is 11.6 Å². The molecule has 1 rings (SSSR count). The summed E-state index contributed by atoms with van der Waals surface area (Å²) in [6, 6.07) is 0.410. The first-order chi connectivity index (χ1) is 9.04. The fourth-order valence-corrected chi connectivity index (χ4v) is 2.19. The molecule has 1 unspecified atom stereocenters. The lowest BCUT2D eigenvalue weighted by Gasteiger charge is -2.17. The zero-order chi connectivity index (χ0) is 14.3. The molecule has 108 valence electrons. The highest BCUT2D eigenvalue weighted by atomic mass is 79.9. The predicted molar refractivity (Wildman–Crippen MR) is 85.7 cm³/mol. The first-order valence-corrected chi connectivity index (χ1v) is 7.84. The van der Waals surface area contributed by atoms with Crippen molar-refractivity contribution in [2.75, 3.05) is 17.2 Å². The maximum Gasteiger partial charge on any atom is 0.146 e. The average molecular weight is 329 g/mol. The van der Waals surface area contributed by atoms with Crippen LogP contribution in [0.3, 0.4) is 0 Å². The van der Waals surface area contributed by atoms with Gasteiger partial charge in [0.05, 0.1) is 0 Å². The van der Waals surface area contributed by atoms with Crippen molar-refractivity contribution in [1.82, 2.24) is 9.97 Å². The Hall–Kier alpha value is -0.840. The fourth-order valence-electron chi connectivity index (χ4n) is 1.73. The Labute approximate surface area is 124 Å². The number of halogens is 1. The quantitative estimate of drug-likeness (QED) is 0.747. The van der Waals surface area contributed by atoms with Crippen molar-refractivity contribution in [3.8, 4) is 0 Å². The first kappa shape index (κ1) is 16.2. The van der Waals surface area contributed by atoms with Crippen LogP contribution in [0, 0.1) is 5.92 Å². The lowest BCUT2D eigenvalue weighted by atomic mass is 10.0. The van der Waals surface area contributed by atoms with Crippen molar-refractivity contribution in [3.63, 3.8) is 0 Å². The van der Waals surface area contributed by atoms with E-state index in [1.807, 2.05) is 0 Å². The molecular formula is C14H25BrN4. The van der Waals surface area contributed by atoms with Crippen LogP contribution in [0.25, 0.3) is 0 Å². The van der Waals surface area contributed by atoms with Gasteiger partial charge in [0, 0.05) is 12.6 Å². The van der Waals surface area contributed by atoms with Gasteiger partial charge in [-0.05, 0) is 48.0 Å². The summed E-state index contributed by atoms with van der Waals surface area (Å²) in [5.74, 6) is 2.46. The third-order valence-electron chi connectivity index (χ3n) is 2.89. The van der Waals surface area contributed by atoms with Crippen molar-refractivity contribution < 1.29 is 0 Å². The van der Waals surface area contributed by atoms with Crippen molar-refractivity contribution in [2.45, 2.75) is 53.0 Å². The van der Waals surface area contributed by atoms with Crippen LogP contribution in [0.1, 0.15) is 47.0 Å². The molecule has 0 aromatic carbocycles. The van der Waals surface area contributed by atoms with Gasteiger partial charge >= 0.3 is 0 Å². The van der Waals surface area contributed by atoms with E-state index in [2.05, 4.69) is 64.2 Å². The minimum atomic E-state index is 0.410. The molecule has 1 heterocycles. The highest BCUT2D eigenvalue weighted by Gasteiger charge is 2.11. The topological polar surface area (TPSA) is 49.8 Å². The van der Waals surface area contributed by atoms with E-state index in [0.717, 1.165) is 41.4 Å². The Kier molecular flexibility index (Phi) is 7.13. The van der Waals surface area contributed by atoms with Gasteiger partial charge in [-0.15, -0.1) is 0 Å². The van der Waals surface area contributed by atoms with Gasteiger partial charge in [-0.25, -0.2) is 9.97 Å². The maximum atomic E-state index is 4.30. The normalized spacial score (nSPS) is 12.5. The van der Waals surface area contributed by atoms with Crippen LogP contribution in [0.5, 0.6) is 0 Å². The number of aromatic nitrogens is 2. The third-order valence-corrected chi connectivity index (χ3v) is 3.64. The molecule has 0 aliphatic carbocycles. The first-order valence-electron chi connectivity index (χ1n) is 7.05. The lowest BCUT2D eigenvalue weighted by molar-refractivity contribution is 0.527. The largest absolute Gasteiger partial charge is 0.369 e. The standard InChI is InChI=1S/C14H25BrN4/c1-5-8-16-13-12(15)14(18-9-17-13)19-11(4)7-6-10(2)3/h9-11H,5-8H2,1-4H3,(H2,16,17,18,19). The van der Waals surface area contributed by atoms with Gasteiger partial charge in [-0.3, -0.25) is 0 Å². The van der Waals surface area contributed by atoms with Crippen LogP contribution in [-0.4, -0.2) is 22.6 Å². The fraction of sp³-hybridized carbons (Fsp3) is 0.714. The zero-order valence-electron chi connectivity index (χ0n) is 12.3. The number of hydrogen-bond acceptors (Lipinski definition) is 4. The second kappa shape index (κ2) is 8.35. The molecule has 0 amide bonds. The number of anilines is 2. The SMILES string of the molecule is CCCNc1ncnc(NC(C)CCC(C)C)c1Br. The van der Waals surface area contributed by atoms with E-state index in [4.69, 9.17) is 0 Å². The summed E-state index contributed by atoms with van der Waals surface area (Å²) in [6.07, 6.45) is 5.04. The van der Waals surface area contributed by atoms with E-state index in [1.165, 1.54) is 6.42 Å². The molecular weight excluding hydrogens is 304 g/mol. The van der Waals surface area contributed by atoms with Crippen LogP contribution >= 0.6 is 15.9 Å². The van der Waals surface area contributed by atoms with Gasteiger partial charge in [0.2, 0.25) is 0 Å². The Balaban J connectivity index is 2.62. The molecule has 1 aromatic rings. The molecule has 4 nitrogen and oxygen atoms in total. The van der Waals surface area contributed by atoms with E-state index in [0.29, 0.717) is 6.04 Å². The second-order valence-electron chi connectivity index (χ2n) is 5.33. The molecule has 1 atom stereocenters. The van der Waals surface area contributed by atoms with E-state index in [1.54, 1.807) is 6.33 Å². The van der Waals surface area contributed by atoms with Gasteiger partial charge in [0.25, 0.3) is 0 Å². The summed E-state index contributed by atoms with van der Waals surface area (Å²) >= 11 is 3.57. The average Bonchev–Trinajstić information content (AvgIpc) is 2.37. The van der Waals surface area contributed by atoms with E-state index in [-0.39, 0.29) is 0 Å². The number of nitrogens with zero attached hydrogens (tertiary/aromatic N) is 2. The maximum absolute atomic E-state index is 4.30. The summed E-state index contributed by atoms with van der Waals surface area (Å²) < 4.78 is 0.917. The van der Waals surface area contributed by atoms with Gasteiger partial charge in [0.1, 0.15) is 22.4 Å². The highest BCUT2D eigenvalue weighted by molar-refractivity contribution is 9.10. The molecule has 0 saturated carbocycles. The molecule has 0 saturated heterocycles. The van der Waals surface area contributed by atoms with Gasteiger partial charge < -0.3 is 10.6 Å². The Morgan fingerprint density at radius 1 is 1.16 bits per heavy atom. The molecule has 0 aliphatic heterocycles. The van der Waals surface area contributed by atoms with Crippen molar-refractivity contribution >= 4 is 27.6 Å². The Morgan fingerprint density at radius 2 is 1.84 bits per heavy atom. The molecule has 0 fully saturated rings. The molecule has 1 aromatic heterocycles. The van der Waals surface area contributed by atoms with Gasteiger partial charge in [0.15, 0.2) is 0 Å². The highest BCUT2D eigenvalue weighted by Crippen LogP contribution is 2.27. The van der Waals surface area contributed by atoms with Crippen molar-refractivity contribution in [3.05, 3.63) is 10.8 Å². The van der Waals surface area contributed by atoms with Gasteiger partial charge in [-0.1, -0.05) is 20.8 Å². The van der Waals surface area contributed by atoms with Gasteiger partial charge in [-0.2, -0.15) is 0 Å². The molecule has 0 aliphatic rings. The molecule has 19 heavy (non-hydrogen) atoms. The summed E-state index contributed by atoms with van der Waals surface area (Å²) in [5, 5.41) is 6.73. The third kappa shape index (κ3) is 5.76. The molecule has 5 heteroatoms. The van der Waals surface area contributed by atoms with Crippen LogP contribution in [0.15, 0.2) is 10.8 Å². The lowest BCUT2D eigenvalue weighted by Crippen LogP contribution is -2.17. The number of hydrogen-bond donors (Lipinski definition) is 2. The summed E-state index contributed by atoms with van der Waals surface area (Å²) in [5.41, 5.74) is 0. The second-order valence-corrected chi connectivity index (χ2v) is 6.12. The van der Waals surface area contributed by atoms with Crippen LogP contribution in [0.2, 0.25) is 0 Å². The minimum Gasteiger partial charge on any atom is -0.369 e. The predicted octanol–water partition coefficient (Wildman–Crippen LogP) is 4.30. The number of nitrogens with one attached hydrogen (secondary N) is 2. The van der Waals surface area contributed by atoms with Crippen LogP contribution < -0.4 is 10.6 Å². The van der Waals surface area contributed by atoms with Crippen molar-refractivity contribution in [1.29, 1.82) is 0 Å². The summed E-state index contributed by atoms with van der Waals surface area (Å²) in [4.78, 5) is 8.55. The smallest absolute Gasteiger partial charge is 0.146 e. The van der Waals surface area contributed by atoms with E-state index in [9.17, 15) is 0 Å². The Bertz CT molecular complexity index is 382. The number of rotatable bonds is 8. The summed E-state index contributed by atoms with van der Waals surface area (Å²) in [7, 11) is 0. The Morgan fingerprint density at radius 3 is 2.47 bits per heavy atom. The minimum absolute atomic E-state index is 0.410. The van der Waals surface area contributed by atoms with E-state index < -0.39 is 0 Å². The monoisotopic (exact) mass is 328 g/mol. The van der Waals surface area contributed by atoms with E-state index >= 15 is 0 Å². The molecule has 0 bridgehead atoms. The summed E-state index contributed by atoms with van der Waals surface area (Å²) in [6.45, 7) is 9.74. The molecule has 2 N–H and O–H groups in total. The molecule has 0 spiro atoms. The van der Waals surface area contributed by atoms with Crippen molar-refractivity contribution in [2.24, 2.45) is 5.92 Å². The molecule has 0 radical (unpaired) electrons.